The molecule has 9 N–H and O–H groups in total. The predicted octanol–water partition coefficient (Wildman–Crippen LogP) is 2.04. The number of carboxylic acids is 3. The Labute approximate surface area is 242 Å². The highest BCUT2D eigenvalue weighted by Crippen LogP contribution is 2.40. The fraction of sp³-hybridized carbons (Fsp3) is 0.292. The zero-order chi connectivity index (χ0) is 30.0. The van der Waals surface area contributed by atoms with Gasteiger partial charge in [-0.05, 0) is 30.7 Å². The number of anilines is 2. The number of carboxylic acid groups (broad SMARTS) is 3. The summed E-state index contributed by atoms with van der Waals surface area (Å²) >= 11 is 13.3. The Balaban J connectivity index is 2.35. The monoisotopic (exact) mass is 616 g/mol. The molecule has 216 valence electrons. The Morgan fingerprint density at radius 1 is 0.975 bits per heavy atom. The lowest BCUT2D eigenvalue weighted by molar-refractivity contribution is -0.139. The highest BCUT2D eigenvalue weighted by Gasteiger charge is 2.25. The molecule has 0 aliphatic heterocycles. The van der Waals surface area contributed by atoms with Crippen LogP contribution in [0.3, 0.4) is 0 Å². The smallest absolute Gasteiger partial charge is 0.322 e. The number of phenolic OH excluding ortho intramolecular Hbond substituents is 1. The molecule has 16 heteroatoms. The molecule has 0 aliphatic rings. The molecule has 13 nitrogen and oxygen atoms in total. The lowest BCUT2D eigenvalue weighted by Crippen LogP contribution is -2.49. The van der Waals surface area contributed by atoms with Crippen LogP contribution in [0.15, 0.2) is 35.2 Å². The Kier molecular flexibility index (Phi) is 12.3. The Morgan fingerprint density at radius 3 is 2.20 bits per heavy atom. The summed E-state index contributed by atoms with van der Waals surface area (Å²) in [4.78, 5) is 58.6. The number of thioether (sulfide) groups is 1. The van der Waals surface area contributed by atoms with Crippen molar-refractivity contribution in [1.29, 1.82) is 0 Å². The average Bonchev–Trinajstić information content (AvgIpc) is 2.87. The number of hydrogen-bond donors (Lipinski definition) is 8. The van der Waals surface area contributed by atoms with Crippen LogP contribution in [0.4, 0.5) is 11.4 Å². The van der Waals surface area contributed by atoms with Crippen LogP contribution in [0.1, 0.15) is 18.4 Å². The van der Waals surface area contributed by atoms with E-state index in [0.29, 0.717) is 0 Å². The highest BCUT2D eigenvalue weighted by atomic mass is 35.5. The first-order valence-corrected chi connectivity index (χ1v) is 13.2. The minimum absolute atomic E-state index is 0.0637. The van der Waals surface area contributed by atoms with Gasteiger partial charge in [-0.1, -0.05) is 29.3 Å². The van der Waals surface area contributed by atoms with E-state index in [2.05, 4.69) is 16.0 Å². The van der Waals surface area contributed by atoms with Gasteiger partial charge in [0.05, 0.1) is 27.0 Å². The normalized spacial score (nSPS) is 12.2. The van der Waals surface area contributed by atoms with Gasteiger partial charge in [0.1, 0.15) is 24.4 Å². The van der Waals surface area contributed by atoms with Gasteiger partial charge < -0.3 is 42.1 Å². The number of nitrogens with one attached hydrogen (secondary N) is 3. The van der Waals surface area contributed by atoms with E-state index >= 15 is 0 Å². The molecular formula is C24H26Cl2N4O9S. The number of carbonyl (C=O) groups excluding carboxylic acids is 2. The van der Waals surface area contributed by atoms with Gasteiger partial charge in [-0.3, -0.25) is 24.0 Å². The van der Waals surface area contributed by atoms with Crippen molar-refractivity contribution in [2.24, 2.45) is 5.73 Å². The molecule has 2 aromatic rings. The van der Waals surface area contributed by atoms with Crippen LogP contribution in [-0.4, -0.2) is 74.5 Å². The first-order chi connectivity index (χ1) is 18.8. The molecule has 0 saturated carbocycles. The molecule has 0 aliphatic carbocycles. The summed E-state index contributed by atoms with van der Waals surface area (Å²) in [5.74, 6) is -6.07. The van der Waals surface area contributed by atoms with Crippen LogP contribution in [0, 0.1) is 0 Å². The van der Waals surface area contributed by atoms with E-state index in [1.807, 2.05) is 0 Å². The molecule has 0 spiro atoms. The Hall–Kier alpha value is -3.72. The maximum Gasteiger partial charge on any atom is 0.322 e. The van der Waals surface area contributed by atoms with Gasteiger partial charge >= 0.3 is 17.9 Å². The molecule has 0 heterocycles. The van der Waals surface area contributed by atoms with Gasteiger partial charge in [0.2, 0.25) is 11.8 Å². The van der Waals surface area contributed by atoms with Gasteiger partial charge in [-0.15, -0.1) is 11.8 Å². The lowest BCUT2D eigenvalue weighted by Gasteiger charge is -2.21. The first-order valence-electron chi connectivity index (χ1n) is 11.5. The SMILES string of the molecule is N[C@@H](CCC(=O)N[C@@H](CSc1c(O)ccc(Nc2c(Cl)cccc2Cl)c1CC(=O)O)C(=O)NCC(=O)O)C(=O)O. The number of hydrogen-bond acceptors (Lipinski definition) is 9. The van der Waals surface area contributed by atoms with Crippen molar-refractivity contribution < 1.29 is 44.4 Å². The minimum Gasteiger partial charge on any atom is -0.507 e. The number of rotatable bonds is 15. The lowest BCUT2D eigenvalue weighted by atomic mass is 10.1. The first kappa shape index (κ1) is 32.5. The average molecular weight is 617 g/mol. The van der Waals surface area contributed by atoms with Crippen molar-refractivity contribution in [3.05, 3.63) is 45.9 Å². The second kappa shape index (κ2) is 15.2. The topological polar surface area (TPSA) is 228 Å². The number of amides is 2. The largest absolute Gasteiger partial charge is 0.507 e. The fourth-order valence-electron chi connectivity index (χ4n) is 3.28. The van der Waals surface area contributed by atoms with Gasteiger partial charge in [-0.25, -0.2) is 0 Å². The Bertz CT molecular complexity index is 1270. The predicted molar refractivity (Wildman–Crippen MR) is 147 cm³/mol. The molecule has 0 unspecified atom stereocenters. The van der Waals surface area contributed by atoms with Crippen LogP contribution < -0.4 is 21.7 Å². The number of aliphatic carboxylic acids is 3. The standard InChI is InChI=1S/C24H26Cl2N4O9S/c25-12-2-1-3-13(26)21(12)30-15-5-6-17(31)22(11(15)8-19(33)34)40-10-16(23(37)28-9-20(35)36)29-18(32)7-4-14(27)24(38)39/h1-3,5-6,14,16,30-31H,4,7-10,27H2,(H,28,37)(H,29,32)(H,33,34)(H,35,36)(H,38,39)/t14-,16-/m0/s1. The number of halogens is 2. The molecular weight excluding hydrogens is 591 g/mol. The summed E-state index contributed by atoms with van der Waals surface area (Å²) in [5.41, 5.74) is 6.06. The third kappa shape index (κ3) is 9.79. The highest BCUT2D eigenvalue weighted by molar-refractivity contribution is 7.99. The van der Waals surface area contributed by atoms with Crippen molar-refractivity contribution >= 4 is 76.1 Å². The van der Waals surface area contributed by atoms with E-state index in [0.717, 1.165) is 11.8 Å². The molecule has 2 amide bonds. The molecule has 0 bridgehead atoms. The molecule has 0 aromatic heterocycles. The minimum atomic E-state index is -1.34. The van der Waals surface area contributed by atoms with Crippen LogP contribution >= 0.6 is 35.0 Å². The molecule has 0 fully saturated rings. The maximum atomic E-state index is 12.7. The van der Waals surface area contributed by atoms with Crippen LogP contribution in [0.25, 0.3) is 0 Å². The second-order valence-electron chi connectivity index (χ2n) is 8.26. The maximum absolute atomic E-state index is 12.7. The molecule has 40 heavy (non-hydrogen) atoms. The van der Waals surface area contributed by atoms with E-state index in [1.165, 1.54) is 12.1 Å². The molecule has 2 aromatic carbocycles. The van der Waals surface area contributed by atoms with E-state index in [4.69, 9.17) is 39.1 Å². The van der Waals surface area contributed by atoms with Crippen LogP contribution in [-0.2, 0) is 30.4 Å². The van der Waals surface area contributed by atoms with Crippen molar-refractivity contribution in [3.8, 4) is 5.75 Å². The third-order valence-corrected chi connectivity index (χ3v) is 7.12. The molecule has 0 radical (unpaired) electrons. The van der Waals surface area contributed by atoms with Crippen molar-refractivity contribution in [3.63, 3.8) is 0 Å². The van der Waals surface area contributed by atoms with Gasteiger partial charge in [0.15, 0.2) is 0 Å². The van der Waals surface area contributed by atoms with Crippen molar-refractivity contribution in [2.45, 2.75) is 36.2 Å². The van der Waals surface area contributed by atoms with Crippen molar-refractivity contribution in [1.82, 2.24) is 10.6 Å². The summed E-state index contributed by atoms with van der Waals surface area (Å²) in [5, 5.41) is 45.9. The number of benzene rings is 2. The molecule has 0 saturated heterocycles. The number of nitrogens with two attached hydrogens (primary N) is 1. The van der Waals surface area contributed by atoms with Crippen LogP contribution in [0.2, 0.25) is 10.0 Å². The fourth-order valence-corrected chi connectivity index (χ4v) is 4.92. The van der Waals surface area contributed by atoms with Gasteiger partial charge in [0.25, 0.3) is 0 Å². The van der Waals surface area contributed by atoms with E-state index in [1.54, 1.807) is 18.2 Å². The number of carbonyl (C=O) groups is 5. The van der Waals surface area contributed by atoms with Gasteiger partial charge in [0, 0.05) is 23.4 Å². The third-order valence-electron chi connectivity index (χ3n) is 5.25. The quantitative estimate of drug-likeness (QED) is 0.106. The van der Waals surface area contributed by atoms with E-state index in [9.17, 15) is 34.2 Å². The summed E-state index contributed by atoms with van der Waals surface area (Å²) in [6.07, 6.45) is -1.12. The summed E-state index contributed by atoms with van der Waals surface area (Å²) in [6.45, 7) is -0.743. The zero-order valence-corrected chi connectivity index (χ0v) is 23.0. The van der Waals surface area contributed by atoms with Gasteiger partial charge in [-0.2, -0.15) is 0 Å². The summed E-state index contributed by atoms with van der Waals surface area (Å²) < 4.78 is 0. The van der Waals surface area contributed by atoms with Crippen molar-refractivity contribution in [2.75, 3.05) is 17.6 Å². The number of para-hydroxylation sites is 1. The van der Waals surface area contributed by atoms with E-state index < -0.39 is 54.8 Å². The molecule has 2 rings (SSSR count). The second-order valence-corrected chi connectivity index (χ2v) is 10.1. The summed E-state index contributed by atoms with van der Waals surface area (Å²) in [7, 11) is 0. The molecule has 2 atom stereocenters. The summed E-state index contributed by atoms with van der Waals surface area (Å²) in [6, 6.07) is 4.80. The Morgan fingerprint density at radius 2 is 1.62 bits per heavy atom. The van der Waals surface area contributed by atoms with Crippen LogP contribution in [0.5, 0.6) is 5.75 Å². The van der Waals surface area contributed by atoms with E-state index in [-0.39, 0.29) is 56.2 Å². The zero-order valence-electron chi connectivity index (χ0n) is 20.6. The number of aromatic hydroxyl groups is 1. The number of phenols is 1.